The van der Waals surface area contributed by atoms with Crippen molar-refractivity contribution in [3.8, 4) is 11.5 Å². The van der Waals surface area contributed by atoms with Crippen LogP contribution in [-0.4, -0.2) is 24.9 Å². The van der Waals surface area contributed by atoms with Crippen LogP contribution < -0.4 is 9.47 Å². The molecule has 90 valence electrons. The smallest absolute Gasteiger partial charge is 0.175 e. The van der Waals surface area contributed by atoms with E-state index in [9.17, 15) is 0 Å². The lowest BCUT2D eigenvalue weighted by Crippen LogP contribution is -2.08. The van der Waals surface area contributed by atoms with Crippen molar-refractivity contribution < 1.29 is 14.6 Å². The second kappa shape index (κ2) is 6.11. The molecule has 0 unspecified atom stereocenters. The molecule has 0 aliphatic rings. The molecule has 0 spiro atoms. The van der Waals surface area contributed by atoms with Crippen molar-refractivity contribution in [2.24, 2.45) is 0 Å². The average Bonchev–Trinajstić information content (AvgIpc) is 2.24. The average molecular weight is 289 g/mol. The van der Waals surface area contributed by atoms with Crippen molar-refractivity contribution in [1.29, 1.82) is 0 Å². The minimum atomic E-state index is 0.0783. The molecule has 3 nitrogen and oxygen atoms in total. The summed E-state index contributed by atoms with van der Waals surface area (Å²) in [6, 6.07) is 3.78. The topological polar surface area (TPSA) is 38.7 Å². The van der Waals surface area contributed by atoms with Crippen LogP contribution in [0.1, 0.15) is 19.4 Å². The molecule has 1 rings (SSSR count). The lowest BCUT2D eigenvalue weighted by molar-refractivity contribution is 0.228. The second-order valence-corrected chi connectivity index (χ2v) is 4.50. The van der Waals surface area contributed by atoms with Crippen molar-refractivity contribution in [2.75, 3.05) is 13.7 Å². The highest BCUT2D eigenvalue weighted by Crippen LogP contribution is 2.38. The Morgan fingerprint density at radius 2 is 2.06 bits per heavy atom. The molecule has 16 heavy (non-hydrogen) atoms. The van der Waals surface area contributed by atoms with E-state index in [1.54, 1.807) is 7.11 Å². The Balaban J connectivity index is 3.12. The number of methoxy groups -OCH3 is 1. The summed E-state index contributed by atoms with van der Waals surface area (Å²) < 4.78 is 11.8. The monoisotopic (exact) mass is 288 g/mol. The van der Waals surface area contributed by atoms with Crippen LogP contribution in [0.2, 0.25) is 0 Å². The zero-order chi connectivity index (χ0) is 12.1. The van der Waals surface area contributed by atoms with Gasteiger partial charge < -0.3 is 14.6 Å². The van der Waals surface area contributed by atoms with E-state index in [1.165, 1.54) is 0 Å². The van der Waals surface area contributed by atoms with Gasteiger partial charge in [0.05, 0.1) is 17.7 Å². The molecule has 1 aromatic rings. The highest BCUT2D eigenvalue weighted by atomic mass is 79.9. The Labute approximate surface area is 105 Å². The first-order valence-corrected chi connectivity index (χ1v) is 6.02. The molecule has 1 N–H and O–H groups in total. The largest absolute Gasteiger partial charge is 0.493 e. The molecule has 0 fully saturated rings. The molecular weight excluding hydrogens is 272 g/mol. The quantitative estimate of drug-likeness (QED) is 0.906. The van der Waals surface area contributed by atoms with Crippen LogP contribution in [0.3, 0.4) is 0 Å². The van der Waals surface area contributed by atoms with Gasteiger partial charge in [-0.3, -0.25) is 0 Å². The summed E-state index contributed by atoms with van der Waals surface area (Å²) in [6.07, 6.45) is 0.675. The van der Waals surface area contributed by atoms with Gasteiger partial charge in [0.25, 0.3) is 0 Å². The number of hydrogen-bond acceptors (Lipinski definition) is 3. The van der Waals surface area contributed by atoms with Crippen molar-refractivity contribution >= 4 is 15.9 Å². The van der Waals surface area contributed by atoms with E-state index in [0.29, 0.717) is 17.9 Å². The molecule has 0 bridgehead atoms. The summed E-state index contributed by atoms with van der Waals surface area (Å²) in [5.41, 5.74) is 1.01. The molecule has 0 atom stereocenters. The van der Waals surface area contributed by atoms with E-state index in [-0.39, 0.29) is 12.7 Å². The number of aliphatic hydroxyl groups excluding tert-OH is 1. The predicted molar refractivity (Wildman–Crippen MR) is 67.2 cm³/mol. The van der Waals surface area contributed by atoms with Gasteiger partial charge in [0.2, 0.25) is 0 Å². The lowest BCUT2D eigenvalue weighted by atomic mass is 10.1. The van der Waals surface area contributed by atoms with Crippen molar-refractivity contribution in [3.63, 3.8) is 0 Å². The summed E-state index contributed by atoms with van der Waals surface area (Å²) in [6.45, 7) is 4.04. The van der Waals surface area contributed by atoms with Gasteiger partial charge in [-0.2, -0.15) is 0 Å². The Bertz CT molecular complexity index is 350. The van der Waals surface area contributed by atoms with Gasteiger partial charge in [0.15, 0.2) is 11.5 Å². The first-order valence-electron chi connectivity index (χ1n) is 5.23. The van der Waals surface area contributed by atoms with Crippen LogP contribution >= 0.6 is 15.9 Å². The SMILES string of the molecule is COc1ccc(CCO)c(Br)c1OC(C)C. The predicted octanol–water partition coefficient (Wildman–Crippen LogP) is 2.78. The fourth-order valence-electron chi connectivity index (χ4n) is 1.40. The van der Waals surface area contributed by atoms with Crippen LogP contribution in [0.25, 0.3) is 0 Å². The van der Waals surface area contributed by atoms with Crippen molar-refractivity contribution in [2.45, 2.75) is 26.4 Å². The third kappa shape index (κ3) is 3.12. The van der Waals surface area contributed by atoms with Crippen LogP contribution in [-0.2, 0) is 6.42 Å². The molecular formula is C12H17BrO3. The first kappa shape index (κ1) is 13.3. The molecule has 0 saturated carbocycles. The number of ether oxygens (including phenoxy) is 2. The summed E-state index contributed by atoms with van der Waals surface area (Å²) >= 11 is 3.49. The summed E-state index contributed by atoms with van der Waals surface area (Å²) in [5.74, 6) is 1.39. The third-order valence-electron chi connectivity index (χ3n) is 2.10. The zero-order valence-electron chi connectivity index (χ0n) is 9.79. The normalized spacial score (nSPS) is 10.6. The van der Waals surface area contributed by atoms with E-state index in [4.69, 9.17) is 14.6 Å². The number of rotatable bonds is 5. The van der Waals surface area contributed by atoms with Crippen molar-refractivity contribution in [3.05, 3.63) is 22.2 Å². The minimum absolute atomic E-state index is 0.0783. The highest BCUT2D eigenvalue weighted by molar-refractivity contribution is 9.10. The zero-order valence-corrected chi connectivity index (χ0v) is 11.4. The molecule has 0 aliphatic carbocycles. The van der Waals surface area contributed by atoms with Gasteiger partial charge in [0.1, 0.15) is 0 Å². The molecule has 0 aliphatic heterocycles. The van der Waals surface area contributed by atoms with Crippen molar-refractivity contribution in [1.82, 2.24) is 0 Å². The van der Waals surface area contributed by atoms with E-state index in [0.717, 1.165) is 10.0 Å². The van der Waals surface area contributed by atoms with Crippen LogP contribution in [0.15, 0.2) is 16.6 Å². The maximum Gasteiger partial charge on any atom is 0.175 e. The minimum Gasteiger partial charge on any atom is -0.493 e. The number of aliphatic hydroxyl groups is 1. The maximum atomic E-state index is 8.95. The molecule has 0 amide bonds. The Morgan fingerprint density at radius 3 is 2.56 bits per heavy atom. The van der Waals surface area contributed by atoms with Gasteiger partial charge in [-0.25, -0.2) is 0 Å². The molecule has 0 saturated heterocycles. The standard InChI is InChI=1S/C12H17BrO3/c1-8(2)16-12-10(15-3)5-4-9(6-7-14)11(12)13/h4-5,8,14H,6-7H2,1-3H3. The van der Waals surface area contributed by atoms with Gasteiger partial charge in [-0.15, -0.1) is 0 Å². The second-order valence-electron chi connectivity index (χ2n) is 3.71. The van der Waals surface area contributed by atoms with Crippen LogP contribution in [0.5, 0.6) is 11.5 Å². The van der Waals surface area contributed by atoms with Crippen LogP contribution in [0.4, 0.5) is 0 Å². The Morgan fingerprint density at radius 1 is 1.38 bits per heavy atom. The Hall–Kier alpha value is -0.740. The third-order valence-corrected chi connectivity index (χ3v) is 2.96. The Kier molecular flexibility index (Phi) is 5.09. The first-order chi connectivity index (χ1) is 7.60. The number of halogens is 1. The fourth-order valence-corrected chi connectivity index (χ4v) is 2.02. The van der Waals surface area contributed by atoms with E-state index in [1.807, 2.05) is 26.0 Å². The highest BCUT2D eigenvalue weighted by Gasteiger charge is 2.14. The summed E-state index contributed by atoms with van der Waals surface area (Å²) in [7, 11) is 1.61. The number of benzene rings is 1. The van der Waals surface area contributed by atoms with Crippen LogP contribution in [0, 0.1) is 0 Å². The van der Waals surface area contributed by atoms with E-state index < -0.39 is 0 Å². The fraction of sp³-hybridized carbons (Fsp3) is 0.500. The molecule has 0 heterocycles. The molecule has 0 aromatic heterocycles. The summed E-state index contributed by atoms with van der Waals surface area (Å²) in [5, 5.41) is 8.95. The number of hydrogen-bond donors (Lipinski definition) is 1. The van der Waals surface area contributed by atoms with E-state index in [2.05, 4.69) is 15.9 Å². The molecule has 1 aromatic carbocycles. The lowest BCUT2D eigenvalue weighted by Gasteiger charge is -2.17. The van der Waals surface area contributed by atoms with Gasteiger partial charge in [-0.1, -0.05) is 6.07 Å². The molecule has 4 heteroatoms. The maximum absolute atomic E-state index is 8.95. The molecule has 0 radical (unpaired) electrons. The van der Waals surface area contributed by atoms with Gasteiger partial charge in [0, 0.05) is 6.61 Å². The summed E-state index contributed by atoms with van der Waals surface area (Å²) in [4.78, 5) is 0. The van der Waals surface area contributed by atoms with E-state index >= 15 is 0 Å². The van der Waals surface area contributed by atoms with Gasteiger partial charge >= 0.3 is 0 Å². The van der Waals surface area contributed by atoms with Gasteiger partial charge in [-0.05, 0) is 47.8 Å².